The molecular formula is C10H15NO3. The van der Waals surface area contributed by atoms with Gasteiger partial charge in [-0.3, -0.25) is 4.79 Å². The van der Waals surface area contributed by atoms with Gasteiger partial charge in [-0.15, -0.1) is 0 Å². The van der Waals surface area contributed by atoms with E-state index in [1.807, 2.05) is 6.92 Å². The molecule has 0 bridgehead atoms. The van der Waals surface area contributed by atoms with E-state index in [1.165, 1.54) is 24.9 Å². The minimum atomic E-state index is -1.01. The van der Waals surface area contributed by atoms with Gasteiger partial charge in [0.25, 0.3) is 0 Å². The van der Waals surface area contributed by atoms with Crippen LogP contribution >= 0.6 is 0 Å². The van der Waals surface area contributed by atoms with Crippen LogP contribution in [0.25, 0.3) is 0 Å². The van der Waals surface area contributed by atoms with E-state index in [0.29, 0.717) is 0 Å². The van der Waals surface area contributed by atoms with E-state index >= 15 is 0 Å². The van der Waals surface area contributed by atoms with E-state index in [4.69, 9.17) is 5.11 Å². The van der Waals surface area contributed by atoms with Gasteiger partial charge in [0, 0.05) is 13.1 Å². The standard InChI is InChI=1S/C10H15NO3/c1-4-5-6-7-9(12)11(3)8(2)10(13)14/h4-8H,1-3H3,(H,13,14). The Hall–Kier alpha value is -1.58. The summed E-state index contributed by atoms with van der Waals surface area (Å²) >= 11 is 0. The molecule has 0 aliphatic heterocycles. The van der Waals surface area contributed by atoms with Gasteiger partial charge in [0.1, 0.15) is 6.04 Å². The third-order valence-corrected chi connectivity index (χ3v) is 1.83. The monoisotopic (exact) mass is 197 g/mol. The number of rotatable bonds is 4. The summed E-state index contributed by atoms with van der Waals surface area (Å²) in [6.45, 7) is 3.29. The molecule has 1 N–H and O–H groups in total. The van der Waals surface area contributed by atoms with Gasteiger partial charge < -0.3 is 10.0 Å². The fourth-order valence-corrected chi connectivity index (χ4v) is 0.723. The number of amides is 1. The molecule has 4 heteroatoms. The van der Waals surface area contributed by atoms with Gasteiger partial charge in [-0.25, -0.2) is 4.79 Å². The molecule has 14 heavy (non-hydrogen) atoms. The molecule has 0 fully saturated rings. The van der Waals surface area contributed by atoms with Crippen molar-refractivity contribution in [1.82, 2.24) is 4.90 Å². The van der Waals surface area contributed by atoms with Crippen LogP contribution in [0, 0.1) is 0 Å². The lowest BCUT2D eigenvalue weighted by atomic mass is 10.3. The first-order valence-electron chi connectivity index (χ1n) is 4.29. The fraction of sp³-hybridized carbons (Fsp3) is 0.400. The number of nitrogens with zero attached hydrogens (tertiary/aromatic N) is 1. The summed E-state index contributed by atoms with van der Waals surface area (Å²) in [7, 11) is 1.46. The van der Waals surface area contributed by atoms with E-state index in [2.05, 4.69) is 0 Å². The molecule has 0 aliphatic rings. The summed E-state index contributed by atoms with van der Waals surface area (Å²) in [6, 6.07) is -0.808. The molecule has 0 radical (unpaired) electrons. The molecule has 0 saturated carbocycles. The van der Waals surface area contributed by atoms with E-state index in [1.54, 1.807) is 18.2 Å². The Labute approximate surface area is 83.5 Å². The fourth-order valence-electron chi connectivity index (χ4n) is 0.723. The average molecular weight is 197 g/mol. The Morgan fingerprint density at radius 3 is 2.36 bits per heavy atom. The lowest BCUT2D eigenvalue weighted by Crippen LogP contribution is -2.39. The highest BCUT2D eigenvalue weighted by Crippen LogP contribution is 1.97. The number of hydrogen-bond donors (Lipinski definition) is 1. The molecule has 1 unspecified atom stereocenters. The van der Waals surface area contributed by atoms with Gasteiger partial charge >= 0.3 is 5.97 Å². The summed E-state index contributed by atoms with van der Waals surface area (Å²) in [5.74, 6) is -1.33. The van der Waals surface area contributed by atoms with Crippen molar-refractivity contribution in [3.05, 3.63) is 24.3 Å². The van der Waals surface area contributed by atoms with Crippen molar-refractivity contribution in [1.29, 1.82) is 0 Å². The molecular weight excluding hydrogens is 182 g/mol. The van der Waals surface area contributed by atoms with Crippen LogP contribution in [0.5, 0.6) is 0 Å². The van der Waals surface area contributed by atoms with Crippen molar-refractivity contribution in [2.24, 2.45) is 0 Å². The number of carbonyl (C=O) groups is 2. The number of hydrogen-bond acceptors (Lipinski definition) is 2. The van der Waals surface area contributed by atoms with Crippen LogP contribution in [-0.4, -0.2) is 35.0 Å². The maximum atomic E-state index is 11.3. The average Bonchev–Trinajstić information content (AvgIpc) is 2.15. The first-order chi connectivity index (χ1) is 6.50. The Balaban J connectivity index is 4.32. The molecule has 0 aromatic heterocycles. The van der Waals surface area contributed by atoms with E-state index in [-0.39, 0.29) is 5.91 Å². The van der Waals surface area contributed by atoms with Gasteiger partial charge in [0.15, 0.2) is 0 Å². The molecule has 0 rings (SSSR count). The molecule has 0 aromatic carbocycles. The Morgan fingerprint density at radius 1 is 1.36 bits per heavy atom. The molecule has 4 nitrogen and oxygen atoms in total. The van der Waals surface area contributed by atoms with Gasteiger partial charge in [0.05, 0.1) is 0 Å². The van der Waals surface area contributed by atoms with E-state index < -0.39 is 12.0 Å². The van der Waals surface area contributed by atoms with Gasteiger partial charge in [-0.1, -0.05) is 18.2 Å². The molecule has 1 amide bonds. The summed E-state index contributed by atoms with van der Waals surface area (Å²) in [6.07, 6.45) is 6.40. The largest absolute Gasteiger partial charge is 0.480 e. The molecule has 0 aromatic rings. The Morgan fingerprint density at radius 2 is 1.93 bits per heavy atom. The zero-order valence-electron chi connectivity index (χ0n) is 8.60. The Kier molecular flexibility index (Phi) is 5.29. The first-order valence-corrected chi connectivity index (χ1v) is 4.29. The van der Waals surface area contributed by atoms with Crippen LogP contribution in [0.1, 0.15) is 13.8 Å². The van der Waals surface area contributed by atoms with Crippen LogP contribution in [0.2, 0.25) is 0 Å². The van der Waals surface area contributed by atoms with Crippen molar-refractivity contribution in [2.75, 3.05) is 7.05 Å². The van der Waals surface area contributed by atoms with Crippen LogP contribution in [0.4, 0.5) is 0 Å². The summed E-state index contributed by atoms with van der Waals surface area (Å²) in [4.78, 5) is 23.0. The summed E-state index contributed by atoms with van der Waals surface area (Å²) < 4.78 is 0. The predicted octanol–water partition coefficient (Wildman–Crippen LogP) is 1.05. The number of carboxylic acids is 1. The molecule has 1 atom stereocenters. The van der Waals surface area contributed by atoms with Crippen LogP contribution in [0.3, 0.4) is 0 Å². The number of likely N-dealkylation sites (N-methyl/N-ethyl adjacent to an activating group) is 1. The minimum Gasteiger partial charge on any atom is -0.480 e. The lowest BCUT2D eigenvalue weighted by molar-refractivity contribution is -0.146. The van der Waals surface area contributed by atoms with Crippen molar-refractivity contribution in [3.8, 4) is 0 Å². The number of carbonyl (C=O) groups excluding carboxylic acids is 1. The molecule has 0 heterocycles. The molecule has 0 spiro atoms. The topological polar surface area (TPSA) is 57.6 Å². The second-order valence-corrected chi connectivity index (χ2v) is 2.85. The number of carboxylic acid groups (broad SMARTS) is 1. The maximum absolute atomic E-state index is 11.3. The highest BCUT2D eigenvalue weighted by Gasteiger charge is 2.19. The molecule has 0 aliphatic carbocycles. The maximum Gasteiger partial charge on any atom is 0.326 e. The smallest absolute Gasteiger partial charge is 0.326 e. The van der Waals surface area contributed by atoms with Crippen molar-refractivity contribution in [3.63, 3.8) is 0 Å². The second kappa shape index (κ2) is 5.96. The van der Waals surface area contributed by atoms with E-state index in [0.717, 1.165) is 0 Å². The molecule has 78 valence electrons. The van der Waals surface area contributed by atoms with Crippen LogP contribution in [0.15, 0.2) is 24.3 Å². The zero-order valence-corrected chi connectivity index (χ0v) is 8.60. The highest BCUT2D eigenvalue weighted by molar-refractivity contribution is 5.91. The second-order valence-electron chi connectivity index (χ2n) is 2.85. The number of allylic oxidation sites excluding steroid dienone is 3. The SMILES string of the molecule is CC=CC=CC(=O)N(C)C(C)C(=O)O. The summed E-state index contributed by atoms with van der Waals surface area (Å²) in [5, 5.41) is 8.64. The van der Waals surface area contributed by atoms with Gasteiger partial charge in [-0.05, 0) is 13.8 Å². The zero-order chi connectivity index (χ0) is 11.1. The van der Waals surface area contributed by atoms with E-state index in [9.17, 15) is 9.59 Å². The number of aliphatic carboxylic acids is 1. The Bertz CT molecular complexity index is 269. The lowest BCUT2D eigenvalue weighted by Gasteiger charge is -2.19. The van der Waals surface area contributed by atoms with Crippen LogP contribution < -0.4 is 0 Å². The van der Waals surface area contributed by atoms with Crippen LogP contribution in [-0.2, 0) is 9.59 Å². The quantitative estimate of drug-likeness (QED) is 0.541. The third kappa shape index (κ3) is 3.89. The van der Waals surface area contributed by atoms with Crippen molar-refractivity contribution in [2.45, 2.75) is 19.9 Å². The highest BCUT2D eigenvalue weighted by atomic mass is 16.4. The summed E-state index contributed by atoms with van der Waals surface area (Å²) in [5.41, 5.74) is 0. The minimum absolute atomic E-state index is 0.321. The van der Waals surface area contributed by atoms with Crippen molar-refractivity contribution >= 4 is 11.9 Å². The van der Waals surface area contributed by atoms with Gasteiger partial charge in [-0.2, -0.15) is 0 Å². The third-order valence-electron chi connectivity index (χ3n) is 1.83. The predicted molar refractivity (Wildman–Crippen MR) is 53.8 cm³/mol. The first kappa shape index (κ1) is 12.4. The molecule has 0 saturated heterocycles. The van der Waals surface area contributed by atoms with Crippen molar-refractivity contribution < 1.29 is 14.7 Å². The van der Waals surface area contributed by atoms with Gasteiger partial charge in [0.2, 0.25) is 5.91 Å². The normalized spacial score (nSPS) is 13.4.